The predicted molar refractivity (Wildman–Crippen MR) is 95.5 cm³/mol. The van der Waals surface area contributed by atoms with Gasteiger partial charge in [0.15, 0.2) is 0 Å². The van der Waals surface area contributed by atoms with Crippen molar-refractivity contribution in [2.45, 2.75) is 38.6 Å². The first kappa shape index (κ1) is 17.1. The smallest absolute Gasteiger partial charge is 0.317 e. The minimum absolute atomic E-state index is 0.105. The van der Waals surface area contributed by atoms with Crippen LogP contribution in [-0.4, -0.2) is 61.2 Å². The minimum Gasteiger partial charge on any atom is -0.494 e. The monoisotopic (exact) mass is 331 g/mol. The number of aryl methyl sites for hydroxylation is 1. The Hall–Kier alpha value is -1.75. The van der Waals surface area contributed by atoms with Gasteiger partial charge in [-0.05, 0) is 56.8 Å². The summed E-state index contributed by atoms with van der Waals surface area (Å²) >= 11 is 0. The molecular weight excluding hydrogens is 302 g/mol. The summed E-state index contributed by atoms with van der Waals surface area (Å²) in [6.07, 6.45) is 4.45. The summed E-state index contributed by atoms with van der Waals surface area (Å²) in [5.74, 6) is 0.917. The number of amides is 2. The first-order valence-corrected chi connectivity index (χ1v) is 9.25. The Balaban J connectivity index is 1.34. The van der Waals surface area contributed by atoms with Crippen LogP contribution in [0.2, 0.25) is 0 Å². The van der Waals surface area contributed by atoms with E-state index >= 15 is 0 Å². The minimum atomic E-state index is 0.105. The van der Waals surface area contributed by atoms with Gasteiger partial charge in [-0.15, -0.1) is 0 Å². The highest BCUT2D eigenvalue weighted by molar-refractivity contribution is 5.74. The number of benzene rings is 1. The number of nitrogens with zero attached hydrogens (tertiary/aromatic N) is 2. The van der Waals surface area contributed by atoms with Gasteiger partial charge in [-0.2, -0.15) is 0 Å². The van der Waals surface area contributed by atoms with Crippen LogP contribution in [0.15, 0.2) is 24.3 Å². The molecule has 24 heavy (non-hydrogen) atoms. The number of rotatable bonds is 6. The molecule has 0 aliphatic carbocycles. The van der Waals surface area contributed by atoms with Gasteiger partial charge in [-0.25, -0.2) is 4.79 Å². The number of ether oxygens (including phenoxy) is 1. The van der Waals surface area contributed by atoms with Crippen LogP contribution in [0.1, 0.15) is 31.7 Å². The molecule has 0 spiro atoms. The van der Waals surface area contributed by atoms with Crippen LogP contribution in [0.3, 0.4) is 0 Å². The number of carbonyl (C=O) groups excluding carboxylic acids is 1. The van der Waals surface area contributed by atoms with Gasteiger partial charge in [0.2, 0.25) is 0 Å². The van der Waals surface area contributed by atoms with Crippen LogP contribution < -0.4 is 10.1 Å². The van der Waals surface area contributed by atoms with Gasteiger partial charge in [-0.1, -0.05) is 12.1 Å². The van der Waals surface area contributed by atoms with Crippen molar-refractivity contribution in [2.24, 2.45) is 0 Å². The zero-order chi connectivity index (χ0) is 16.8. The number of urea groups is 1. The number of fused-ring (bicyclic) bond motifs is 1. The van der Waals surface area contributed by atoms with Crippen molar-refractivity contribution in [3.8, 4) is 5.75 Å². The molecule has 0 saturated carbocycles. The van der Waals surface area contributed by atoms with Crippen molar-refractivity contribution >= 4 is 6.03 Å². The largest absolute Gasteiger partial charge is 0.494 e. The van der Waals surface area contributed by atoms with Crippen molar-refractivity contribution < 1.29 is 9.53 Å². The lowest BCUT2D eigenvalue weighted by atomic mass is 10.1. The summed E-state index contributed by atoms with van der Waals surface area (Å²) in [4.78, 5) is 16.8. The molecule has 1 aromatic carbocycles. The Kier molecular flexibility index (Phi) is 5.96. The molecule has 2 fully saturated rings. The fraction of sp³-hybridized carbons (Fsp3) is 0.632. The highest BCUT2D eigenvalue weighted by Crippen LogP contribution is 2.21. The van der Waals surface area contributed by atoms with Crippen LogP contribution in [0.25, 0.3) is 0 Å². The molecule has 2 saturated heterocycles. The van der Waals surface area contributed by atoms with E-state index in [1.54, 1.807) is 0 Å². The number of piperazine rings is 1. The van der Waals surface area contributed by atoms with Crippen LogP contribution in [0.4, 0.5) is 4.79 Å². The lowest BCUT2D eigenvalue weighted by Gasteiger charge is -2.37. The van der Waals surface area contributed by atoms with Crippen molar-refractivity contribution in [2.75, 3.05) is 39.3 Å². The van der Waals surface area contributed by atoms with Crippen molar-refractivity contribution in [3.05, 3.63) is 29.8 Å². The molecule has 2 heterocycles. The molecule has 5 heteroatoms. The fourth-order valence-electron chi connectivity index (χ4n) is 3.69. The number of carbonyl (C=O) groups is 1. The van der Waals surface area contributed by atoms with Gasteiger partial charge in [0.05, 0.1) is 6.61 Å². The van der Waals surface area contributed by atoms with Gasteiger partial charge in [0.1, 0.15) is 5.75 Å². The number of nitrogens with one attached hydrogen (secondary N) is 1. The third-order valence-electron chi connectivity index (χ3n) is 5.03. The van der Waals surface area contributed by atoms with Crippen LogP contribution in [0.5, 0.6) is 5.75 Å². The molecule has 3 rings (SSSR count). The quantitative estimate of drug-likeness (QED) is 0.815. The third kappa shape index (κ3) is 4.41. The third-order valence-corrected chi connectivity index (χ3v) is 5.03. The maximum absolute atomic E-state index is 12.3. The molecule has 1 atom stereocenters. The van der Waals surface area contributed by atoms with E-state index in [1.165, 1.54) is 24.9 Å². The summed E-state index contributed by atoms with van der Waals surface area (Å²) in [5, 5.41) is 3.08. The van der Waals surface area contributed by atoms with Crippen molar-refractivity contribution in [3.63, 3.8) is 0 Å². The number of hydrogen-bond acceptors (Lipinski definition) is 3. The molecule has 2 aliphatic heterocycles. The molecule has 1 N–H and O–H groups in total. The topological polar surface area (TPSA) is 44.8 Å². The predicted octanol–water partition coefficient (Wildman–Crippen LogP) is 2.51. The van der Waals surface area contributed by atoms with E-state index in [4.69, 9.17) is 4.74 Å². The molecule has 1 aromatic rings. The molecule has 0 unspecified atom stereocenters. The van der Waals surface area contributed by atoms with Gasteiger partial charge < -0.3 is 15.0 Å². The van der Waals surface area contributed by atoms with E-state index in [0.717, 1.165) is 44.8 Å². The molecule has 2 amide bonds. The number of hydrogen-bond donors (Lipinski definition) is 1. The van der Waals surface area contributed by atoms with E-state index in [0.29, 0.717) is 12.6 Å². The highest BCUT2D eigenvalue weighted by Gasteiger charge is 2.32. The summed E-state index contributed by atoms with van der Waals surface area (Å²) in [5.41, 5.74) is 1.28. The molecule has 5 nitrogen and oxygen atoms in total. The Morgan fingerprint density at radius 1 is 1.25 bits per heavy atom. The Labute approximate surface area is 145 Å². The van der Waals surface area contributed by atoms with Crippen molar-refractivity contribution in [1.82, 2.24) is 15.1 Å². The van der Waals surface area contributed by atoms with E-state index in [-0.39, 0.29) is 6.03 Å². The molecule has 0 radical (unpaired) electrons. The second kappa shape index (κ2) is 8.38. The van der Waals surface area contributed by atoms with Gasteiger partial charge in [0, 0.05) is 32.2 Å². The molecular formula is C19H29N3O2. The zero-order valence-electron chi connectivity index (χ0n) is 14.7. The van der Waals surface area contributed by atoms with E-state index in [2.05, 4.69) is 22.3 Å². The fourth-order valence-corrected chi connectivity index (χ4v) is 3.69. The highest BCUT2D eigenvalue weighted by atomic mass is 16.5. The average molecular weight is 331 g/mol. The summed E-state index contributed by atoms with van der Waals surface area (Å²) in [6.45, 7) is 7.42. The van der Waals surface area contributed by atoms with Gasteiger partial charge >= 0.3 is 6.03 Å². The Bertz CT molecular complexity index is 532. The van der Waals surface area contributed by atoms with Gasteiger partial charge in [0.25, 0.3) is 0 Å². The second-order valence-electron chi connectivity index (χ2n) is 6.69. The van der Waals surface area contributed by atoms with Crippen molar-refractivity contribution in [1.29, 1.82) is 0 Å². The van der Waals surface area contributed by atoms with Crippen LogP contribution in [0, 0.1) is 0 Å². The first-order chi connectivity index (χ1) is 11.8. The lowest BCUT2D eigenvalue weighted by Crippen LogP contribution is -2.54. The zero-order valence-corrected chi connectivity index (χ0v) is 14.7. The SMILES string of the molecule is CCOc1ccc(CCCNC(=O)N2CCN3CCC[C@H]3C2)cc1. The summed E-state index contributed by atoms with van der Waals surface area (Å²) < 4.78 is 5.45. The molecule has 0 aromatic heterocycles. The summed E-state index contributed by atoms with van der Waals surface area (Å²) in [7, 11) is 0. The normalized spacial score (nSPS) is 20.7. The second-order valence-corrected chi connectivity index (χ2v) is 6.69. The molecule has 2 aliphatic rings. The summed E-state index contributed by atoms with van der Waals surface area (Å²) in [6, 6.07) is 8.93. The van der Waals surface area contributed by atoms with Crippen LogP contribution in [-0.2, 0) is 6.42 Å². The van der Waals surface area contributed by atoms with E-state index in [1.807, 2.05) is 24.0 Å². The molecule has 0 bridgehead atoms. The van der Waals surface area contributed by atoms with Gasteiger partial charge in [-0.3, -0.25) is 4.90 Å². The lowest BCUT2D eigenvalue weighted by molar-refractivity contribution is 0.117. The molecule has 132 valence electrons. The van der Waals surface area contributed by atoms with Crippen LogP contribution >= 0.6 is 0 Å². The standard InChI is InChI=1S/C19H29N3O2/c1-2-24-18-9-7-16(8-10-18)5-3-11-20-19(23)22-14-13-21-12-4-6-17(21)15-22/h7-10,17H,2-6,11-15H2,1H3,(H,20,23)/t17-/m0/s1. The van der Waals surface area contributed by atoms with E-state index in [9.17, 15) is 4.79 Å². The maximum Gasteiger partial charge on any atom is 0.317 e. The Morgan fingerprint density at radius 2 is 2.08 bits per heavy atom. The average Bonchev–Trinajstić information content (AvgIpc) is 3.08. The van der Waals surface area contributed by atoms with E-state index < -0.39 is 0 Å². The first-order valence-electron chi connectivity index (χ1n) is 9.25. The Morgan fingerprint density at radius 3 is 2.88 bits per heavy atom. The maximum atomic E-state index is 12.3.